The standard InChI is InChI=1S/C16H17Br/c17-16-11-5-9-14-13(8-4-10-15(14)16)12-6-2-1-3-7-12/h1-3,6-7H,4-5,8-11H2. The van der Waals surface area contributed by atoms with Crippen LogP contribution >= 0.6 is 15.9 Å². The maximum atomic E-state index is 3.78. The number of fused-ring (bicyclic) bond motifs is 1. The molecule has 0 fully saturated rings. The van der Waals surface area contributed by atoms with E-state index in [4.69, 9.17) is 0 Å². The van der Waals surface area contributed by atoms with Crippen LogP contribution in [0.15, 0.2) is 46.0 Å². The third-order valence-electron chi connectivity index (χ3n) is 3.85. The van der Waals surface area contributed by atoms with E-state index in [0.717, 1.165) is 0 Å². The SMILES string of the molecule is BrC1=C2CCCC(c3ccccc3)=C2CCC1. The quantitative estimate of drug-likeness (QED) is 0.644. The third-order valence-corrected chi connectivity index (χ3v) is 4.73. The van der Waals surface area contributed by atoms with Gasteiger partial charge in [0.1, 0.15) is 0 Å². The molecule has 1 aromatic carbocycles. The van der Waals surface area contributed by atoms with Gasteiger partial charge in [-0.3, -0.25) is 0 Å². The fourth-order valence-electron chi connectivity index (χ4n) is 3.06. The van der Waals surface area contributed by atoms with Gasteiger partial charge < -0.3 is 0 Å². The molecule has 0 radical (unpaired) electrons. The summed E-state index contributed by atoms with van der Waals surface area (Å²) in [6.45, 7) is 0. The molecule has 3 rings (SSSR count). The lowest BCUT2D eigenvalue weighted by atomic mass is 9.79. The molecule has 0 heterocycles. The Bertz CT molecular complexity index is 480. The van der Waals surface area contributed by atoms with Crippen LogP contribution in [-0.4, -0.2) is 0 Å². The summed E-state index contributed by atoms with van der Waals surface area (Å²) in [5.74, 6) is 0. The lowest BCUT2D eigenvalue weighted by molar-refractivity contribution is 0.720. The molecule has 0 atom stereocenters. The molecule has 2 aliphatic carbocycles. The molecule has 1 aromatic rings. The van der Waals surface area contributed by atoms with Crippen molar-refractivity contribution in [3.05, 3.63) is 51.5 Å². The molecule has 0 saturated heterocycles. The smallest absolute Gasteiger partial charge is 0.00144 e. The number of benzene rings is 1. The fourth-order valence-corrected chi connectivity index (χ4v) is 3.77. The molecule has 17 heavy (non-hydrogen) atoms. The first-order chi connectivity index (χ1) is 8.36. The average molecular weight is 289 g/mol. The Kier molecular flexibility index (Phi) is 3.19. The molecule has 2 aliphatic rings. The summed E-state index contributed by atoms with van der Waals surface area (Å²) < 4.78 is 1.46. The topological polar surface area (TPSA) is 0 Å². The minimum atomic E-state index is 1.24. The van der Waals surface area contributed by atoms with E-state index in [-0.39, 0.29) is 0 Å². The molecule has 0 saturated carbocycles. The summed E-state index contributed by atoms with van der Waals surface area (Å²) in [6.07, 6.45) is 7.64. The van der Waals surface area contributed by atoms with Crippen LogP contribution < -0.4 is 0 Å². The predicted octanol–water partition coefficient (Wildman–Crippen LogP) is 5.46. The summed E-state index contributed by atoms with van der Waals surface area (Å²) in [6, 6.07) is 10.9. The summed E-state index contributed by atoms with van der Waals surface area (Å²) in [7, 11) is 0. The third kappa shape index (κ3) is 2.13. The Morgan fingerprint density at radius 3 is 2.18 bits per heavy atom. The van der Waals surface area contributed by atoms with Crippen molar-refractivity contribution >= 4 is 21.5 Å². The number of hydrogen-bond acceptors (Lipinski definition) is 0. The number of hydrogen-bond donors (Lipinski definition) is 0. The zero-order valence-corrected chi connectivity index (χ0v) is 11.6. The summed E-state index contributed by atoms with van der Waals surface area (Å²) in [5.41, 5.74) is 6.28. The van der Waals surface area contributed by atoms with Crippen molar-refractivity contribution in [2.75, 3.05) is 0 Å². The van der Waals surface area contributed by atoms with Gasteiger partial charge in [0, 0.05) is 0 Å². The van der Waals surface area contributed by atoms with Gasteiger partial charge in [-0.1, -0.05) is 46.3 Å². The Morgan fingerprint density at radius 2 is 1.35 bits per heavy atom. The van der Waals surface area contributed by atoms with Crippen molar-refractivity contribution in [1.82, 2.24) is 0 Å². The molecule has 0 aromatic heterocycles. The van der Waals surface area contributed by atoms with E-state index in [9.17, 15) is 0 Å². The molecule has 88 valence electrons. The van der Waals surface area contributed by atoms with E-state index in [0.29, 0.717) is 0 Å². The largest absolute Gasteiger partial charge is 0.0622 e. The van der Waals surface area contributed by atoms with E-state index in [1.807, 2.05) is 0 Å². The minimum Gasteiger partial charge on any atom is -0.0622 e. The highest BCUT2D eigenvalue weighted by atomic mass is 79.9. The van der Waals surface area contributed by atoms with Crippen LogP contribution in [0, 0.1) is 0 Å². The summed E-state index contributed by atoms with van der Waals surface area (Å²) in [5, 5.41) is 0. The van der Waals surface area contributed by atoms with Crippen LogP contribution in [0.1, 0.15) is 44.1 Å². The van der Waals surface area contributed by atoms with E-state index >= 15 is 0 Å². The first kappa shape index (κ1) is 11.3. The van der Waals surface area contributed by atoms with Crippen molar-refractivity contribution in [3.8, 4) is 0 Å². The Hall–Kier alpha value is -0.820. The van der Waals surface area contributed by atoms with Crippen LogP contribution in [-0.2, 0) is 0 Å². The number of allylic oxidation sites excluding steroid dienone is 4. The molecular weight excluding hydrogens is 272 g/mol. The zero-order chi connectivity index (χ0) is 11.7. The van der Waals surface area contributed by atoms with Gasteiger partial charge in [-0.25, -0.2) is 0 Å². The first-order valence-corrected chi connectivity index (χ1v) is 7.31. The second-order valence-electron chi connectivity index (χ2n) is 4.91. The van der Waals surface area contributed by atoms with Crippen molar-refractivity contribution in [1.29, 1.82) is 0 Å². The molecule has 1 heteroatoms. The number of rotatable bonds is 1. The zero-order valence-electron chi connectivity index (χ0n) is 10.0. The van der Waals surface area contributed by atoms with E-state index in [1.165, 1.54) is 48.6 Å². The fraction of sp³-hybridized carbons (Fsp3) is 0.375. The number of halogens is 1. The highest BCUT2D eigenvalue weighted by molar-refractivity contribution is 9.11. The van der Waals surface area contributed by atoms with Gasteiger partial charge in [-0.15, -0.1) is 0 Å². The van der Waals surface area contributed by atoms with Crippen molar-refractivity contribution in [2.45, 2.75) is 38.5 Å². The Morgan fingerprint density at radius 1 is 0.706 bits per heavy atom. The molecule has 0 amide bonds. The highest BCUT2D eigenvalue weighted by Crippen LogP contribution is 2.44. The van der Waals surface area contributed by atoms with Gasteiger partial charge >= 0.3 is 0 Å². The second-order valence-corrected chi connectivity index (χ2v) is 5.87. The molecule has 0 bridgehead atoms. The van der Waals surface area contributed by atoms with Crippen molar-refractivity contribution in [3.63, 3.8) is 0 Å². The average Bonchev–Trinajstić information content (AvgIpc) is 2.40. The van der Waals surface area contributed by atoms with E-state index < -0.39 is 0 Å². The molecule has 0 spiro atoms. The predicted molar refractivity (Wildman–Crippen MR) is 77.0 cm³/mol. The molecule has 0 aliphatic heterocycles. The summed E-state index contributed by atoms with van der Waals surface area (Å²) >= 11 is 3.78. The van der Waals surface area contributed by atoms with E-state index in [2.05, 4.69) is 46.3 Å². The van der Waals surface area contributed by atoms with Gasteiger partial charge in [0.25, 0.3) is 0 Å². The molecule has 0 N–H and O–H groups in total. The van der Waals surface area contributed by atoms with Gasteiger partial charge in [-0.05, 0) is 65.3 Å². The van der Waals surface area contributed by atoms with Crippen LogP contribution in [0.25, 0.3) is 5.57 Å². The van der Waals surface area contributed by atoms with Crippen molar-refractivity contribution < 1.29 is 0 Å². The van der Waals surface area contributed by atoms with Gasteiger partial charge in [0.2, 0.25) is 0 Å². The Balaban J connectivity index is 2.12. The van der Waals surface area contributed by atoms with Gasteiger partial charge in [-0.2, -0.15) is 0 Å². The Labute approximate surface area is 112 Å². The maximum absolute atomic E-state index is 3.78. The lowest BCUT2D eigenvalue weighted by Crippen LogP contribution is -2.08. The van der Waals surface area contributed by atoms with Crippen LogP contribution in [0.4, 0.5) is 0 Å². The highest BCUT2D eigenvalue weighted by Gasteiger charge is 2.23. The van der Waals surface area contributed by atoms with E-state index in [1.54, 1.807) is 16.7 Å². The minimum absolute atomic E-state index is 1.24. The molecular formula is C16H17Br. The second kappa shape index (κ2) is 4.81. The van der Waals surface area contributed by atoms with Crippen molar-refractivity contribution in [2.24, 2.45) is 0 Å². The van der Waals surface area contributed by atoms with Crippen LogP contribution in [0.5, 0.6) is 0 Å². The monoisotopic (exact) mass is 288 g/mol. The molecule has 0 unspecified atom stereocenters. The molecule has 0 nitrogen and oxygen atoms in total. The van der Waals surface area contributed by atoms with Crippen LogP contribution in [0.3, 0.4) is 0 Å². The van der Waals surface area contributed by atoms with Gasteiger partial charge in [0.15, 0.2) is 0 Å². The van der Waals surface area contributed by atoms with Gasteiger partial charge in [0.05, 0.1) is 0 Å². The first-order valence-electron chi connectivity index (χ1n) is 6.51. The normalized spacial score (nSPS) is 20.5. The summed E-state index contributed by atoms with van der Waals surface area (Å²) in [4.78, 5) is 0. The lowest BCUT2D eigenvalue weighted by Gasteiger charge is -2.28. The maximum Gasteiger partial charge on any atom is -0.00144 e. The van der Waals surface area contributed by atoms with Crippen LogP contribution in [0.2, 0.25) is 0 Å².